The van der Waals surface area contributed by atoms with Gasteiger partial charge in [-0.05, 0) is 37.3 Å². The first-order chi connectivity index (χ1) is 9.86. The quantitative estimate of drug-likeness (QED) is 0.935. The van der Waals surface area contributed by atoms with E-state index in [2.05, 4.69) is 4.98 Å². The molecular weight excluding hydrogens is 319 g/mol. The van der Waals surface area contributed by atoms with Crippen LogP contribution in [0.5, 0.6) is 0 Å². The van der Waals surface area contributed by atoms with Crippen molar-refractivity contribution in [1.82, 2.24) is 4.98 Å². The molecular formula is C13H12ClFN2O3S. The molecule has 2 aromatic rings. The van der Waals surface area contributed by atoms with Crippen LogP contribution in [-0.2, 0) is 10.0 Å². The van der Waals surface area contributed by atoms with E-state index in [1.807, 2.05) is 0 Å². The zero-order chi connectivity index (χ0) is 15.6. The maximum atomic E-state index is 12.9. The summed E-state index contributed by atoms with van der Waals surface area (Å²) in [6.07, 6.45) is 1.08. The van der Waals surface area contributed by atoms with Crippen molar-refractivity contribution in [3.63, 3.8) is 0 Å². The topological polar surface area (TPSA) is 70.2 Å². The third-order valence-electron chi connectivity index (χ3n) is 2.82. The van der Waals surface area contributed by atoms with Crippen LogP contribution in [0.15, 0.2) is 46.2 Å². The highest BCUT2D eigenvalue weighted by Crippen LogP contribution is 2.23. The molecule has 0 bridgehead atoms. The number of aromatic amines is 1. The number of hydrogen-bond acceptors (Lipinski definition) is 3. The Labute approximate surface area is 126 Å². The van der Waals surface area contributed by atoms with Crippen LogP contribution in [-0.4, -0.2) is 19.9 Å². The van der Waals surface area contributed by atoms with Gasteiger partial charge in [0.2, 0.25) is 0 Å². The number of rotatable bonds is 4. The predicted molar refractivity (Wildman–Crippen MR) is 78.7 cm³/mol. The molecule has 0 radical (unpaired) electrons. The Balaban J connectivity index is 2.51. The molecule has 1 aromatic carbocycles. The van der Waals surface area contributed by atoms with Gasteiger partial charge in [-0.2, -0.15) is 0 Å². The molecule has 5 nitrogen and oxygen atoms in total. The molecule has 0 saturated carbocycles. The second-order valence-electron chi connectivity index (χ2n) is 4.16. The minimum absolute atomic E-state index is 0.140. The van der Waals surface area contributed by atoms with Crippen molar-refractivity contribution in [3.05, 3.63) is 57.7 Å². The van der Waals surface area contributed by atoms with Gasteiger partial charge in [0.15, 0.2) is 0 Å². The summed E-state index contributed by atoms with van der Waals surface area (Å²) in [4.78, 5) is 13.3. The van der Waals surface area contributed by atoms with Gasteiger partial charge < -0.3 is 4.98 Å². The van der Waals surface area contributed by atoms with E-state index in [0.29, 0.717) is 5.69 Å². The molecule has 0 aliphatic heterocycles. The highest BCUT2D eigenvalue weighted by Gasteiger charge is 2.24. The maximum Gasteiger partial charge on any atom is 0.266 e. The van der Waals surface area contributed by atoms with E-state index >= 15 is 0 Å². The Hall–Kier alpha value is -1.86. The monoisotopic (exact) mass is 330 g/mol. The molecule has 0 spiro atoms. The summed E-state index contributed by atoms with van der Waals surface area (Å²) in [5, 5.41) is -0.216. The van der Waals surface area contributed by atoms with E-state index in [-0.39, 0.29) is 16.5 Å². The average Bonchev–Trinajstić information content (AvgIpc) is 2.44. The molecule has 112 valence electrons. The summed E-state index contributed by atoms with van der Waals surface area (Å²) >= 11 is 5.66. The van der Waals surface area contributed by atoms with E-state index in [9.17, 15) is 17.6 Å². The molecule has 2 rings (SSSR count). The number of H-pyrrole nitrogens is 1. The zero-order valence-corrected chi connectivity index (χ0v) is 12.6. The fourth-order valence-electron chi connectivity index (χ4n) is 1.81. The van der Waals surface area contributed by atoms with E-state index in [0.717, 1.165) is 16.6 Å². The van der Waals surface area contributed by atoms with Gasteiger partial charge in [0, 0.05) is 12.7 Å². The van der Waals surface area contributed by atoms with Gasteiger partial charge in [-0.1, -0.05) is 11.6 Å². The lowest BCUT2D eigenvalue weighted by molar-refractivity contribution is 0.591. The lowest BCUT2D eigenvalue weighted by Gasteiger charge is -2.22. The van der Waals surface area contributed by atoms with Crippen LogP contribution in [0.4, 0.5) is 10.1 Å². The van der Waals surface area contributed by atoms with E-state index in [4.69, 9.17) is 11.6 Å². The van der Waals surface area contributed by atoms with E-state index in [1.165, 1.54) is 24.3 Å². The summed E-state index contributed by atoms with van der Waals surface area (Å²) in [6, 6.07) is 6.16. The zero-order valence-electron chi connectivity index (χ0n) is 11.0. The third kappa shape index (κ3) is 3.08. The first-order valence-electron chi connectivity index (χ1n) is 6.03. The van der Waals surface area contributed by atoms with Crippen LogP contribution in [0.25, 0.3) is 0 Å². The largest absolute Gasteiger partial charge is 0.326 e. The maximum absolute atomic E-state index is 12.9. The molecule has 0 saturated heterocycles. The Morgan fingerprint density at radius 2 is 1.90 bits per heavy atom. The molecule has 1 heterocycles. The third-order valence-corrected chi connectivity index (χ3v) is 4.98. The lowest BCUT2D eigenvalue weighted by atomic mass is 10.3. The van der Waals surface area contributed by atoms with Crippen LogP contribution in [0, 0.1) is 5.82 Å². The molecule has 0 unspecified atom stereocenters. The van der Waals surface area contributed by atoms with Crippen molar-refractivity contribution in [3.8, 4) is 0 Å². The number of hydrogen-bond donors (Lipinski definition) is 1. The summed E-state index contributed by atoms with van der Waals surface area (Å²) < 4.78 is 39.2. The van der Waals surface area contributed by atoms with Gasteiger partial charge in [-0.3, -0.25) is 9.10 Å². The van der Waals surface area contributed by atoms with Crippen LogP contribution in [0.1, 0.15) is 6.92 Å². The molecule has 21 heavy (non-hydrogen) atoms. The standard InChI is InChI=1S/C13H12ClFN2O3S/c1-2-17(10-5-3-9(15)4-6-10)21(19,20)11-7-12(14)13(18)16-8-11/h3-8H,2H2,1H3,(H,16,18). The van der Waals surface area contributed by atoms with Crippen LogP contribution >= 0.6 is 11.6 Å². The van der Waals surface area contributed by atoms with Crippen LogP contribution in [0.2, 0.25) is 5.02 Å². The number of nitrogens with zero attached hydrogens (tertiary/aromatic N) is 1. The normalized spacial score (nSPS) is 11.4. The highest BCUT2D eigenvalue weighted by atomic mass is 35.5. The Morgan fingerprint density at radius 3 is 2.43 bits per heavy atom. The number of anilines is 1. The summed E-state index contributed by atoms with van der Waals surface area (Å²) in [5.41, 5.74) is -0.248. The minimum atomic E-state index is -3.90. The number of nitrogens with one attached hydrogen (secondary N) is 1. The fourth-order valence-corrected chi connectivity index (χ4v) is 3.52. The number of sulfonamides is 1. The fraction of sp³-hybridized carbons (Fsp3) is 0.154. The van der Waals surface area contributed by atoms with Crippen LogP contribution < -0.4 is 9.86 Å². The van der Waals surface area contributed by atoms with Gasteiger partial charge in [-0.25, -0.2) is 12.8 Å². The second-order valence-corrected chi connectivity index (χ2v) is 6.43. The second kappa shape index (κ2) is 5.87. The summed E-state index contributed by atoms with van der Waals surface area (Å²) in [5.74, 6) is -0.459. The summed E-state index contributed by atoms with van der Waals surface area (Å²) in [7, 11) is -3.90. The number of aromatic nitrogens is 1. The van der Waals surface area contributed by atoms with Crippen molar-refractivity contribution < 1.29 is 12.8 Å². The molecule has 0 fully saturated rings. The first-order valence-corrected chi connectivity index (χ1v) is 7.84. The molecule has 1 N–H and O–H groups in total. The van der Waals surface area contributed by atoms with Crippen molar-refractivity contribution >= 4 is 27.3 Å². The van der Waals surface area contributed by atoms with E-state index < -0.39 is 21.4 Å². The van der Waals surface area contributed by atoms with Crippen molar-refractivity contribution in [2.45, 2.75) is 11.8 Å². The predicted octanol–water partition coefficient (Wildman–Crippen LogP) is 2.38. The Kier molecular flexibility index (Phi) is 4.34. The van der Waals surface area contributed by atoms with Gasteiger partial charge in [0.25, 0.3) is 15.6 Å². The van der Waals surface area contributed by atoms with Crippen molar-refractivity contribution in [1.29, 1.82) is 0 Å². The lowest BCUT2D eigenvalue weighted by Crippen LogP contribution is -2.31. The molecule has 0 amide bonds. The number of pyridine rings is 1. The molecule has 0 aliphatic rings. The van der Waals surface area contributed by atoms with Crippen molar-refractivity contribution in [2.75, 3.05) is 10.8 Å². The van der Waals surface area contributed by atoms with Crippen molar-refractivity contribution in [2.24, 2.45) is 0 Å². The van der Waals surface area contributed by atoms with Gasteiger partial charge in [0.05, 0.1) is 5.69 Å². The highest BCUT2D eigenvalue weighted by molar-refractivity contribution is 7.92. The smallest absolute Gasteiger partial charge is 0.266 e. The van der Waals surface area contributed by atoms with Gasteiger partial charge in [0.1, 0.15) is 15.7 Å². The summed E-state index contributed by atoms with van der Waals surface area (Å²) in [6.45, 7) is 1.79. The van der Waals surface area contributed by atoms with Gasteiger partial charge >= 0.3 is 0 Å². The Bertz CT molecular complexity index is 803. The van der Waals surface area contributed by atoms with Gasteiger partial charge in [-0.15, -0.1) is 0 Å². The number of halogens is 2. The molecule has 0 atom stereocenters. The van der Waals surface area contributed by atoms with E-state index in [1.54, 1.807) is 6.92 Å². The average molecular weight is 331 g/mol. The Morgan fingerprint density at radius 1 is 1.29 bits per heavy atom. The number of benzene rings is 1. The first kappa shape index (κ1) is 15.5. The minimum Gasteiger partial charge on any atom is -0.326 e. The molecule has 1 aromatic heterocycles. The van der Waals surface area contributed by atoms with Crippen LogP contribution in [0.3, 0.4) is 0 Å². The molecule has 8 heteroatoms. The SMILES string of the molecule is CCN(c1ccc(F)cc1)S(=O)(=O)c1c[nH]c(=O)c(Cl)c1. The molecule has 0 aliphatic carbocycles.